The first kappa shape index (κ1) is 29.0. The standard InChI is InChI=1S/C29H32N6O6/c1-4-40-29(38)33-27(30)19-8-11-21(12-9-19)41-18-25-32-22-17-20(10-13-23(22)34(25)2)28(37)35(16-14-26(36)39-3)24-7-5-6-15-31-24/h5-13,15,17,27H,4,14,16,18,30H2,1-3H3,(H,33,38). The van der Waals surface area contributed by atoms with Crippen LogP contribution in [0.5, 0.6) is 5.75 Å². The highest BCUT2D eigenvalue weighted by Gasteiger charge is 2.21. The van der Waals surface area contributed by atoms with E-state index < -0.39 is 18.2 Å². The molecule has 0 aliphatic rings. The Morgan fingerprint density at radius 3 is 2.56 bits per heavy atom. The Kier molecular flexibility index (Phi) is 9.48. The molecular weight excluding hydrogens is 528 g/mol. The number of rotatable bonds is 11. The quantitative estimate of drug-likeness (QED) is 0.208. The number of methoxy groups -OCH3 is 1. The average molecular weight is 561 g/mol. The lowest BCUT2D eigenvalue weighted by Crippen LogP contribution is -2.34. The number of carbonyl (C=O) groups is 3. The summed E-state index contributed by atoms with van der Waals surface area (Å²) in [5, 5.41) is 2.55. The van der Waals surface area contributed by atoms with Crippen LogP contribution in [0.3, 0.4) is 0 Å². The highest BCUT2D eigenvalue weighted by atomic mass is 16.5. The lowest BCUT2D eigenvalue weighted by molar-refractivity contribution is -0.140. The minimum absolute atomic E-state index is 0.0287. The number of carbonyl (C=O) groups excluding carboxylic acids is 3. The fraction of sp³-hybridized carbons (Fsp3) is 0.276. The first-order valence-corrected chi connectivity index (χ1v) is 13.0. The normalized spacial score (nSPS) is 11.5. The van der Waals surface area contributed by atoms with Crippen molar-refractivity contribution in [3.8, 4) is 5.75 Å². The van der Waals surface area contributed by atoms with Crippen molar-refractivity contribution in [1.29, 1.82) is 0 Å². The molecule has 0 bridgehead atoms. The Morgan fingerprint density at radius 1 is 1.10 bits per heavy atom. The molecule has 0 saturated heterocycles. The number of pyridine rings is 1. The zero-order chi connectivity index (χ0) is 29.4. The average Bonchev–Trinajstić information content (AvgIpc) is 3.31. The van der Waals surface area contributed by atoms with Crippen LogP contribution >= 0.6 is 0 Å². The van der Waals surface area contributed by atoms with Crippen molar-refractivity contribution >= 4 is 34.8 Å². The maximum Gasteiger partial charge on any atom is 0.408 e. The second kappa shape index (κ2) is 13.4. The van der Waals surface area contributed by atoms with Crippen LogP contribution in [0.25, 0.3) is 11.0 Å². The van der Waals surface area contributed by atoms with Crippen LogP contribution in [0.2, 0.25) is 0 Å². The molecule has 0 aliphatic heterocycles. The number of benzene rings is 2. The summed E-state index contributed by atoms with van der Waals surface area (Å²) in [4.78, 5) is 47.3. The number of nitrogens with one attached hydrogen (secondary N) is 1. The molecule has 41 heavy (non-hydrogen) atoms. The topological polar surface area (TPSA) is 151 Å². The molecule has 0 aliphatic carbocycles. The van der Waals surface area contributed by atoms with E-state index in [9.17, 15) is 14.4 Å². The Bertz CT molecular complexity index is 1510. The second-order valence-corrected chi connectivity index (χ2v) is 8.96. The molecule has 2 heterocycles. The van der Waals surface area contributed by atoms with Crippen molar-refractivity contribution in [3.05, 3.63) is 83.8 Å². The van der Waals surface area contributed by atoms with Crippen molar-refractivity contribution in [2.45, 2.75) is 26.1 Å². The number of amides is 2. The Morgan fingerprint density at radius 2 is 1.88 bits per heavy atom. The highest BCUT2D eigenvalue weighted by Crippen LogP contribution is 2.22. The first-order valence-electron chi connectivity index (χ1n) is 13.0. The number of imidazole rings is 1. The summed E-state index contributed by atoms with van der Waals surface area (Å²) >= 11 is 0. The van der Waals surface area contributed by atoms with Crippen LogP contribution in [0.1, 0.15) is 41.3 Å². The van der Waals surface area contributed by atoms with E-state index in [0.717, 1.165) is 5.52 Å². The van der Waals surface area contributed by atoms with Crippen molar-refractivity contribution in [1.82, 2.24) is 19.9 Å². The van der Waals surface area contributed by atoms with Gasteiger partial charge in [-0.15, -0.1) is 0 Å². The molecular formula is C29H32N6O6. The number of ether oxygens (including phenoxy) is 3. The molecule has 2 aromatic heterocycles. The lowest BCUT2D eigenvalue weighted by atomic mass is 10.1. The number of anilines is 1. The molecule has 0 fully saturated rings. The summed E-state index contributed by atoms with van der Waals surface area (Å²) < 4.78 is 17.4. The van der Waals surface area contributed by atoms with Gasteiger partial charge in [-0.3, -0.25) is 14.5 Å². The van der Waals surface area contributed by atoms with Crippen molar-refractivity contribution in [2.24, 2.45) is 12.8 Å². The molecule has 1 atom stereocenters. The summed E-state index contributed by atoms with van der Waals surface area (Å²) in [6.45, 7) is 2.27. The zero-order valence-electron chi connectivity index (χ0n) is 23.1. The largest absolute Gasteiger partial charge is 0.486 e. The molecule has 0 spiro atoms. The molecule has 12 nitrogen and oxygen atoms in total. The molecule has 4 aromatic rings. The molecule has 2 amide bonds. The summed E-state index contributed by atoms with van der Waals surface area (Å²) in [7, 11) is 3.18. The molecule has 0 saturated carbocycles. The van der Waals surface area contributed by atoms with Gasteiger partial charge in [0.25, 0.3) is 5.91 Å². The van der Waals surface area contributed by atoms with E-state index in [4.69, 9.17) is 19.9 Å². The van der Waals surface area contributed by atoms with Gasteiger partial charge in [0.05, 0.1) is 31.2 Å². The van der Waals surface area contributed by atoms with Gasteiger partial charge in [0.2, 0.25) is 0 Å². The Hall–Kier alpha value is -4.97. The molecule has 0 radical (unpaired) electrons. The Balaban J connectivity index is 1.47. The van der Waals surface area contributed by atoms with Crippen LogP contribution in [-0.2, 0) is 27.9 Å². The first-order chi connectivity index (χ1) is 19.8. The third kappa shape index (κ3) is 7.17. The van der Waals surface area contributed by atoms with E-state index in [0.29, 0.717) is 34.0 Å². The van der Waals surface area contributed by atoms with Gasteiger partial charge in [0, 0.05) is 25.4 Å². The third-order valence-corrected chi connectivity index (χ3v) is 6.31. The summed E-state index contributed by atoms with van der Waals surface area (Å²) in [5.41, 5.74) is 8.55. The zero-order valence-corrected chi connectivity index (χ0v) is 23.1. The second-order valence-electron chi connectivity index (χ2n) is 8.96. The fourth-order valence-electron chi connectivity index (χ4n) is 4.11. The van der Waals surface area contributed by atoms with E-state index in [2.05, 4.69) is 15.3 Å². The van der Waals surface area contributed by atoms with Gasteiger partial charge in [-0.25, -0.2) is 14.8 Å². The number of nitrogens with two attached hydrogens (primary N) is 1. The van der Waals surface area contributed by atoms with Crippen molar-refractivity contribution < 1.29 is 28.6 Å². The van der Waals surface area contributed by atoms with Gasteiger partial charge >= 0.3 is 12.1 Å². The molecule has 12 heteroatoms. The lowest BCUT2D eigenvalue weighted by Gasteiger charge is -2.21. The van der Waals surface area contributed by atoms with Gasteiger partial charge < -0.3 is 29.8 Å². The van der Waals surface area contributed by atoms with Gasteiger partial charge in [0.1, 0.15) is 30.2 Å². The number of aromatic nitrogens is 3. The van der Waals surface area contributed by atoms with E-state index in [1.54, 1.807) is 67.7 Å². The number of nitrogens with zero attached hydrogens (tertiary/aromatic N) is 4. The smallest absolute Gasteiger partial charge is 0.408 e. The number of aryl methyl sites for hydroxylation is 1. The van der Waals surface area contributed by atoms with E-state index in [-0.39, 0.29) is 32.1 Å². The van der Waals surface area contributed by atoms with Crippen LogP contribution in [0.15, 0.2) is 66.9 Å². The van der Waals surface area contributed by atoms with Crippen LogP contribution < -0.4 is 20.7 Å². The number of hydrogen-bond acceptors (Lipinski definition) is 9. The summed E-state index contributed by atoms with van der Waals surface area (Å²) in [6.07, 6.45) is 0.317. The van der Waals surface area contributed by atoms with Crippen molar-refractivity contribution in [2.75, 3.05) is 25.2 Å². The van der Waals surface area contributed by atoms with Gasteiger partial charge in [-0.05, 0) is 55.0 Å². The molecule has 214 valence electrons. The summed E-state index contributed by atoms with van der Waals surface area (Å²) in [5.74, 6) is 0.946. The number of hydrogen-bond donors (Lipinski definition) is 2. The maximum atomic E-state index is 13.5. The van der Waals surface area contributed by atoms with E-state index in [1.165, 1.54) is 12.0 Å². The monoisotopic (exact) mass is 560 g/mol. The molecule has 2 aromatic carbocycles. The highest BCUT2D eigenvalue weighted by molar-refractivity contribution is 6.07. The van der Waals surface area contributed by atoms with E-state index in [1.807, 2.05) is 17.7 Å². The third-order valence-electron chi connectivity index (χ3n) is 6.31. The fourth-order valence-corrected chi connectivity index (χ4v) is 4.11. The van der Waals surface area contributed by atoms with Crippen LogP contribution in [-0.4, -0.2) is 52.8 Å². The SMILES string of the molecule is CCOC(=O)NC(N)c1ccc(OCc2nc3cc(C(=O)N(CCC(=O)OC)c4ccccn4)ccc3n2C)cc1. The molecule has 1 unspecified atom stereocenters. The maximum absolute atomic E-state index is 13.5. The Labute approximate surface area is 237 Å². The van der Waals surface area contributed by atoms with Crippen LogP contribution in [0.4, 0.5) is 10.6 Å². The number of fused-ring (bicyclic) bond motifs is 1. The van der Waals surface area contributed by atoms with Gasteiger partial charge in [0.15, 0.2) is 0 Å². The van der Waals surface area contributed by atoms with Gasteiger partial charge in [-0.2, -0.15) is 0 Å². The predicted octanol–water partition coefficient (Wildman–Crippen LogP) is 3.46. The summed E-state index contributed by atoms with van der Waals surface area (Å²) in [6, 6.07) is 17.5. The van der Waals surface area contributed by atoms with Crippen LogP contribution in [0, 0.1) is 0 Å². The minimum Gasteiger partial charge on any atom is -0.486 e. The number of esters is 1. The molecule has 3 N–H and O–H groups in total. The predicted molar refractivity (Wildman–Crippen MR) is 151 cm³/mol. The van der Waals surface area contributed by atoms with Crippen molar-refractivity contribution in [3.63, 3.8) is 0 Å². The minimum atomic E-state index is -0.714. The molecule has 4 rings (SSSR count). The number of alkyl carbamates (subject to hydrolysis) is 1. The van der Waals surface area contributed by atoms with E-state index >= 15 is 0 Å². The van der Waals surface area contributed by atoms with Gasteiger partial charge in [-0.1, -0.05) is 18.2 Å².